The molecule has 2 aromatic heterocycles. The normalized spacial score (nSPS) is 11.1. The van der Waals surface area contributed by atoms with E-state index in [1.165, 1.54) is 0 Å². The molecule has 0 aliphatic heterocycles. The number of fused-ring (bicyclic) bond motifs is 1. The first-order valence-electron chi connectivity index (χ1n) is 9.22. The first kappa shape index (κ1) is 18.8. The highest BCUT2D eigenvalue weighted by Crippen LogP contribution is 2.17. The quantitative estimate of drug-likeness (QED) is 0.724. The maximum absolute atomic E-state index is 12.8. The summed E-state index contributed by atoms with van der Waals surface area (Å²) in [5, 5.41) is 0.974. The van der Waals surface area contributed by atoms with Crippen molar-refractivity contribution in [3.8, 4) is 0 Å². The number of carbonyl (C=O) groups is 1. The van der Waals surface area contributed by atoms with E-state index in [2.05, 4.69) is 9.97 Å². The van der Waals surface area contributed by atoms with Crippen LogP contribution >= 0.6 is 0 Å². The van der Waals surface area contributed by atoms with Crippen LogP contribution in [-0.2, 0) is 17.9 Å². The summed E-state index contributed by atoms with van der Waals surface area (Å²) in [6.45, 7) is 6.72. The standard InChI is InChI=1S/C22H25N3O2/c1-15(2)10-20(26)25(13-17-7-5-9-23-12-17)14-19-11-18-8-4-6-16(3)21(18)24-22(19)27/h4-9,11-12,15H,10,13-14H2,1-3H3,(H,24,27). The molecule has 0 fully saturated rings. The molecule has 0 radical (unpaired) electrons. The monoisotopic (exact) mass is 363 g/mol. The number of carbonyl (C=O) groups excluding carboxylic acids is 1. The van der Waals surface area contributed by atoms with Crippen LogP contribution in [0.25, 0.3) is 10.9 Å². The van der Waals surface area contributed by atoms with Crippen LogP contribution in [0.15, 0.2) is 53.6 Å². The summed E-state index contributed by atoms with van der Waals surface area (Å²) in [4.78, 5) is 34.2. The van der Waals surface area contributed by atoms with Gasteiger partial charge in [-0.25, -0.2) is 0 Å². The topological polar surface area (TPSA) is 66.1 Å². The summed E-state index contributed by atoms with van der Waals surface area (Å²) < 4.78 is 0. The molecule has 2 heterocycles. The number of aryl methyl sites for hydroxylation is 1. The lowest BCUT2D eigenvalue weighted by atomic mass is 10.1. The largest absolute Gasteiger partial charge is 0.334 e. The molecule has 1 amide bonds. The van der Waals surface area contributed by atoms with Gasteiger partial charge in [-0.1, -0.05) is 38.1 Å². The van der Waals surface area contributed by atoms with Crippen molar-refractivity contribution in [1.29, 1.82) is 0 Å². The van der Waals surface area contributed by atoms with Gasteiger partial charge >= 0.3 is 0 Å². The second-order valence-corrected chi connectivity index (χ2v) is 7.37. The van der Waals surface area contributed by atoms with E-state index in [0.29, 0.717) is 18.5 Å². The van der Waals surface area contributed by atoms with Crippen LogP contribution in [-0.4, -0.2) is 20.8 Å². The molecule has 0 unspecified atom stereocenters. The average Bonchev–Trinajstić information content (AvgIpc) is 2.63. The summed E-state index contributed by atoms with van der Waals surface area (Å²) in [7, 11) is 0. The number of benzene rings is 1. The van der Waals surface area contributed by atoms with Gasteiger partial charge in [-0.2, -0.15) is 0 Å². The number of rotatable bonds is 6. The molecule has 5 heteroatoms. The van der Waals surface area contributed by atoms with Crippen molar-refractivity contribution in [3.63, 3.8) is 0 Å². The van der Waals surface area contributed by atoms with E-state index in [4.69, 9.17) is 0 Å². The predicted molar refractivity (Wildman–Crippen MR) is 107 cm³/mol. The summed E-state index contributed by atoms with van der Waals surface area (Å²) in [5.41, 5.74) is 3.26. The van der Waals surface area contributed by atoms with Crippen molar-refractivity contribution in [2.24, 2.45) is 5.92 Å². The van der Waals surface area contributed by atoms with Gasteiger partial charge in [0.05, 0.1) is 12.1 Å². The fourth-order valence-corrected chi connectivity index (χ4v) is 3.17. The number of hydrogen-bond donors (Lipinski definition) is 1. The lowest BCUT2D eigenvalue weighted by molar-refractivity contribution is -0.133. The van der Waals surface area contributed by atoms with Crippen molar-refractivity contribution in [3.05, 3.63) is 75.8 Å². The Morgan fingerprint density at radius 1 is 1.19 bits per heavy atom. The molecule has 140 valence electrons. The Morgan fingerprint density at radius 2 is 2.00 bits per heavy atom. The minimum atomic E-state index is -0.148. The molecule has 0 saturated carbocycles. The Labute approximate surface area is 159 Å². The van der Waals surface area contributed by atoms with Crippen LogP contribution in [0.3, 0.4) is 0 Å². The van der Waals surface area contributed by atoms with Gasteiger partial charge in [0.25, 0.3) is 5.56 Å². The van der Waals surface area contributed by atoms with E-state index in [0.717, 1.165) is 22.0 Å². The Morgan fingerprint density at radius 3 is 2.70 bits per heavy atom. The predicted octanol–water partition coefficient (Wildman–Crippen LogP) is 3.81. The maximum Gasteiger partial charge on any atom is 0.253 e. The van der Waals surface area contributed by atoms with E-state index >= 15 is 0 Å². The van der Waals surface area contributed by atoms with E-state index < -0.39 is 0 Å². The Hall–Kier alpha value is -2.95. The molecular weight excluding hydrogens is 338 g/mol. The summed E-state index contributed by atoms with van der Waals surface area (Å²) in [5.74, 6) is 0.295. The molecular formula is C22H25N3O2. The van der Waals surface area contributed by atoms with Gasteiger partial charge in [0.1, 0.15) is 0 Å². The molecule has 5 nitrogen and oxygen atoms in total. The smallest absolute Gasteiger partial charge is 0.253 e. The van der Waals surface area contributed by atoms with Crippen molar-refractivity contribution in [2.75, 3.05) is 0 Å². The number of nitrogens with zero attached hydrogens (tertiary/aromatic N) is 2. The molecule has 0 spiro atoms. The van der Waals surface area contributed by atoms with Crippen LogP contribution in [0.2, 0.25) is 0 Å². The average molecular weight is 363 g/mol. The highest BCUT2D eigenvalue weighted by Gasteiger charge is 2.18. The zero-order chi connectivity index (χ0) is 19.4. The third-order valence-corrected chi connectivity index (χ3v) is 4.56. The van der Waals surface area contributed by atoms with Crippen LogP contribution in [0, 0.1) is 12.8 Å². The third kappa shape index (κ3) is 4.61. The molecule has 0 aliphatic carbocycles. The number of aromatic nitrogens is 2. The van der Waals surface area contributed by atoms with E-state index in [9.17, 15) is 9.59 Å². The van der Waals surface area contributed by atoms with Crippen molar-refractivity contribution in [1.82, 2.24) is 14.9 Å². The first-order chi connectivity index (χ1) is 12.9. The van der Waals surface area contributed by atoms with Crippen molar-refractivity contribution in [2.45, 2.75) is 40.3 Å². The number of amides is 1. The Bertz CT molecular complexity index is 993. The van der Waals surface area contributed by atoms with Crippen molar-refractivity contribution >= 4 is 16.8 Å². The van der Waals surface area contributed by atoms with Gasteiger partial charge in [-0.3, -0.25) is 14.6 Å². The number of aromatic amines is 1. The fourth-order valence-electron chi connectivity index (χ4n) is 3.17. The third-order valence-electron chi connectivity index (χ3n) is 4.56. The van der Waals surface area contributed by atoms with Gasteiger partial charge in [-0.15, -0.1) is 0 Å². The molecule has 0 aliphatic rings. The molecule has 0 atom stereocenters. The minimum Gasteiger partial charge on any atom is -0.334 e. The first-order valence-corrected chi connectivity index (χ1v) is 9.22. The molecule has 1 N–H and O–H groups in total. The van der Waals surface area contributed by atoms with Gasteiger partial charge in [0.15, 0.2) is 0 Å². The fraction of sp³-hybridized carbons (Fsp3) is 0.318. The second-order valence-electron chi connectivity index (χ2n) is 7.37. The minimum absolute atomic E-state index is 0.0394. The SMILES string of the molecule is Cc1cccc2cc(CN(Cc3cccnc3)C(=O)CC(C)C)c(=O)[nH]c12. The number of para-hydroxylation sites is 1. The van der Waals surface area contributed by atoms with Crippen LogP contribution in [0.5, 0.6) is 0 Å². The summed E-state index contributed by atoms with van der Waals surface area (Å²) in [6.07, 6.45) is 3.91. The van der Waals surface area contributed by atoms with Gasteiger partial charge in [-0.05, 0) is 41.5 Å². The number of nitrogens with one attached hydrogen (secondary N) is 1. The van der Waals surface area contributed by atoms with Gasteiger partial charge in [0.2, 0.25) is 5.91 Å². The Kier molecular flexibility index (Phi) is 5.69. The van der Waals surface area contributed by atoms with E-state index in [-0.39, 0.29) is 23.9 Å². The van der Waals surface area contributed by atoms with Crippen LogP contribution in [0.1, 0.15) is 37.0 Å². The molecule has 1 aromatic carbocycles. The number of pyridine rings is 2. The van der Waals surface area contributed by atoms with Gasteiger partial charge in [0, 0.05) is 30.9 Å². The maximum atomic E-state index is 12.8. The second kappa shape index (κ2) is 8.16. The summed E-state index contributed by atoms with van der Waals surface area (Å²) in [6, 6.07) is 11.6. The molecule has 0 bridgehead atoms. The zero-order valence-electron chi connectivity index (χ0n) is 16.0. The van der Waals surface area contributed by atoms with E-state index in [1.807, 2.05) is 57.2 Å². The molecule has 0 saturated heterocycles. The van der Waals surface area contributed by atoms with Gasteiger partial charge < -0.3 is 9.88 Å². The molecule has 3 aromatic rings. The Balaban J connectivity index is 1.93. The molecule has 27 heavy (non-hydrogen) atoms. The van der Waals surface area contributed by atoms with Crippen LogP contribution < -0.4 is 5.56 Å². The number of hydrogen-bond acceptors (Lipinski definition) is 3. The highest BCUT2D eigenvalue weighted by atomic mass is 16.2. The lowest BCUT2D eigenvalue weighted by Crippen LogP contribution is -2.33. The van der Waals surface area contributed by atoms with Crippen molar-refractivity contribution < 1.29 is 4.79 Å². The molecule has 3 rings (SSSR count). The van der Waals surface area contributed by atoms with E-state index in [1.54, 1.807) is 17.3 Å². The highest BCUT2D eigenvalue weighted by molar-refractivity contribution is 5.82. The lowest BCUT2D eigenvalue weighted by Gasteiger charge is -2.23. The van der Waals surface area contributed by atoms with Crippen LogP contribution in [0.4, 0.5) is 0 Å². The zero-order valence-corrected chi connectivity index (χ0v) is 16.0. The number of H-pyrrole nitrogens is 1. The summed E-state index contributed by atoms with van der Waals surface area (Å²) >= 11 is 0.